The summed E-state index contributed by atoms with van der Waals surface area (Å²) in [6.45, 7) is 2.17. The van der Waals surface area contributed by atoms with Crippen molar-refractivity contribution in [2.24, 2.45) is 0 Å². The molecule has 0 unspecified atom stereocenters. The summed E-state index contributed by atoms with van der Waals surface area (Å²) in [5, 5.41) is 5.23. The number of benzene rings is 2. The zero-order valence-corrected chi connectivity index (χ0v) is 14.4. The van der Waals surface area contributed by atoms with Crippen molar-refractivity contribution in [2.75, 3.05) is 19.2 Å². The van der Waals surface area contributed by atoms with E-state index in [1.807, 2.05) is 24.3 Å². The molecule has 0 fully saturated rings. The van der Waals surface area contributed by atoms with Gasteiger partial charge in [-0.3, -0.25) is 0 Å². The van der Waals surface area contributed by atoms with Crippen LogP contribution < -0.4 is 15.4 Å². The van der Waals surface area contributed by atoms with Crippen molar-refractivity contribution in [1.82, 2.24) is 5.32 Å². The van der Waals surface area contributed by atoms with Gasteiger partial charge < -0.3 is 20.1 Å². The molecule has 25 heavy (non-hydrogen) atoms. The first-order valence-electron chi connectivity index (χ1n) is 8.07. The average Bonchev–Trinajstić information content (AvgIpc) is 2.63. The van der Waals surface area contributed by atoms with Gasteiger partial charge in [-0.25, -0.2) is 9.59 Å². The summed E-state index contributed by atoms with van der Waals surface area (Å²) in [5.74, 6) is 0.228. The first-order chi connectivity index (χ1) is 12.1. The number of rotatable bonds is 7. The molecular weight excluding hydrogens is 320 g/mol. The van der Waals surface area contributed by atoms with Gasteiger partial charge in [0.15, 0.2) is 6.73 Å². The Kier molecular flexibility index (Phi) is 6.83. The van der Waals surface area contributed by atoms with Crippen LogP contribution in [-0.2, 0) is 11.2 Å². The average molecular weight is 342 g/mol. The van der Waals surface area contributed by atoms with E-state index in [4.69, 9.17) is 4.74 Å². The molecule has 132 valence electrons. The maximum absolute atomic E-state index is 11.9. The quantitative estimate of drug-likeness (QED) is 0.595. The molecule has 6 heteroatoms. The summed E-state index contributed by atoms with van der Waals surface area (Å²) in [5.41, 5.74) is 2.11. The second-order valence-electron chi connectivity index (χ2n) is 5.39. The largest absolute Gasteiger partial charge is 0.473 e. The summed E-state index contributed by atoms with van der Waals surface area (Å²) >= 11 is 0. The number of nitrogens with one attached hydrogen (secondary N) is 2. The highest BCUT2D eigenvalue weighted by atomic mass is 16.5. The summed E-state index contributed by atoms with van der Waals surface area (Å²) in [4.78, 5) is 23.3. The first-order valence-corrected chi connectivity index (χ1v) is 8.07. The lowest BCUT2D eigenvalue weighted by Gasteiger charge is -2.10. The number of hydrogen-bond donors (Lipinski definition) is 2. The minimum Gasteiger partial charge on any atom is -0.473 e. The van der Waals surface area contributed by atoms with Crippen LogP contribution in [0.3, 0.4) is 0 Å². The predicted molar refractivity (Wildman–Crippen MR) is 95.9 cm³/mol. The van der Waals surface area contributed by atoms with Gasteiger partial charge in [0.25, 0.3) is 0 Å². The highest BCUT2D eigenvalue weighted by Crippen LogP contribution is 2.13. The van der Waals surface area contributed by atoms with Gasteiger partial charge in [-0.2, -0.15) is 0 Å². The van der Waals surface area contributed by atoms with Crippen molar-refractivity contribution in [3.05, 3.63) is 59.7 Å². The van der Waals surface area contributed by atoms with E-state index in [9.17, 15) is 9.59 Å². The van der Waals surface area contributed by atoms with Gasteiger partial charge in [0.05, 0.1) is 12.7 Å². The Morgan fingerprint density at radius 2 is 1.84 bits per heavy atom. The molecule has 0 radical (unpaired) electrons. The van der Waals surface area contributed by atoms with E-state index < -0.39 is 12.0 Å². The topological polar surface area (TPSA) is 76.7 Å². The number of ether oxygens (including phenoxy) is 2. The number of aryl methyl sites for hydroxylation is 1. The number of hydrogen-bond acceptors (Lipinski definition) is 4. The summed E-state index contributed by atoms with van der Waals surface area (Å²) in [6.07, 6.45) is 2.13. The van der Waals surface area contributed by atoms with Gasteiger partial charge in [0, 0.05) is 5.69 Å². The van der Waals surface area contributed by atoms with Gasteiger partial charge in [-0.15, -0.1) is 0 Å². The lowest BCUT2D eigenvalue weighted by molar-refractivity contribution is 0.0600. The van der Waals surface area contributed by atoms with Gasteiger partial charge >= 0.3 is 12.0 Å². The third-order valence-electron chi connectivity index (χ3n) is 3.48. The Labute approximate surface area is 147 Å². The molecule has 2 amide bonds. The minimum absolute atomic E-state index is 0.0374. The van der Waals surface area contributed by atoms with E-state index >= 15 is 0 Å². The van der Waals surface area contributed by atoms with Crippen molar-refractivity contribution in [3.63, 3.8) is 0 Å². The molecule has 0 aliphatic rings. The van der Waals surface area contributed by atoms with Crippen molar-refractivity contribution < 1.29 is 19.1 Å². The van der Waals surface area contributed by atoms with Gasteiger partial charge in [0.1, 0.15) is 5.75 Å². The summed E-state index contributed by atoms with van der Waals surface area (Å²) in [6, 6.07) is 13.8. The van der Waals surface area contributed by atoms with Gasteiger partial charge in [-0.05, 0) is 42.3 Å². The third kappa shape index (κ3) is 5.84. The van der Waals surface area contributed by atoms with E-state index in [0.29, 0.717) is 17.0 Å². The molecule has 0 bridgehead atoms. The highest BCUT2D eigenvalue weighted by molar-refractivity contribution is 5.93. The Morgan fingerprint density at radius 1 is 1.08 bits per heavy atom. The third-order valence-corrected chi connectivity index (χ3v) is 3.48. The van der Waals surface area contributed by atoms with E-state index in [1.54, 1.807) is 24.3 Å². The van der Waals surface area contributed by atoms with Crippen LogP contribution >= 0.6 is 0 Å². The number of methoxy groups -OCH3 is 1. The Balaban J connectivity index is 1.79. The number of carbonyl (C=O) groups excluding carboxylic acids is 2. The Bertz CT molecular complexity index is 714. The van der Waals surface area contributed by atoms with E-state index in [2.05, 4.69) is 22.3 Å². The van der Waals surface area contributed by atoms with Crippen molar-refractivity contribution >= 4 is 17.7 Å². The molecule has 2 aromatic rings. The van der Waals surface area contributed by atoms with Crippen molar-refractivity contribution in [2.45, 2.75) is 19.8 Å². The molecule has 6 nitrogen and oxygen atoms in total. The van der Waals surface area contributed by atoms with Crippen LogP contribution in [0.5, 0.6) is 5.75 Å². The van der Waals surface area contributed by atoms with Crippen LogP contribution in [0.2, 0.25) is 0 Å². The first kappa shape index (κ1) is 18.3. The summed E-state index contributed by atoms with van der Waals surface area (Å²) < 4.78 is 10.1. The molecule has 0 spiro atoms. The fourth-order valence-electron chi connectivity index (χ4n) is 2.24. The Morgan fingerprint density at radius 3 is 2.52 bits per heavy atom. The minimum atomic E-state index is -0.459. The van der Waals surface area contributed by atoms with Crippen LogP contribution in [0, 0.1) is 0 Å². The number of esters is 1. The van der Waals surface area contributed by atoms with Crippen molar-refractivity contribution in [3.8, 4) is 5.75 Å². The maximum Gasteiger partial charge on any atom is 0.337 e. The Hall–Kier alpha value is -3.02. The summed E-state index contributed by atoms with van der Waals surface area (Å²) in [7, 11) is 1.31. The molecular formula is C19H22N2O4. The molecule has 0 saturated carbocycles. The van der Waals surface area contributed by atoms with Crippen LogP contribution in [0.1, 0.15) is 29.3 Å². The van der Waals surface area contributed by atoms with E-state index in [1.165, 1.54) is 12.7 Å². The molecule has 0 aliphatic carbocycles. The van der Waals surface area contributed by atoms with Crippen molar-refractivity contribution in [1.29, 1.82) is 0 Å². The fourth-order valence-corrected chi connectivity index (χ4v) is 2.24. The number of anilines is 1. The van der Waals surface area contributed by atoms with Crippen LogP contribution in [0.4, 0.5) is 10.5 Å². The van der Waals surface area contributed by atoms with Gasteiger partial charge in [-0.1, -0.05) is 31.5 Å². The van der Waals surface area contributed by atoms with Crippen LogP contribution in [0.15, 0.2) is 48.5 Å². The monoisotopic (exact) mass is 342 g/mol. The smallest absolute Gasteiger partial charge is 0.337 e. The lowest BCUT2D eigenvalue weighted by atomic mass is 10.1. The van der Waals surface area contributed by atoms with E-state index in [0.717, 1.165) is 12.8 Å². The highest BCUT2D eigenvalue weighted by Gasteiger charge is 2.07. The molecule has 2 N–H and O–H groups in total. The molecule has 0 aromatic heterocycles. The fraction of sp³-hybridized carbons (Fsp3) is 0.263. The predicted octanol–water partition coefficient (Wildman–Crippen LogP) is 3.58. The maximum atomic E-state index is 11.9. The second kappa shape index (κ2) is 9.32. The second-order valence-corrected chi connectivity index (χ2v) is 5.39. The molecule has 0 heterocycles. The molecule has 0 aliphatic heterocycles. The zero-order chi connectivity index (χ0) is 18.1. The van der Waals surface area contributed by atoms with Gasteiger partial charge in [0.2, 0.25) is 0 Å². The number of amides is 2. The van der Waals surface area contributed by atoms with Crippen LogP contribution in [0.25, 0.3) is 0 Å². The SMILES string of the molecule is CCCc1ccc(OCNC(=O)Nc2cccc(C(=O)OC)c2)cc1. The molecule has 2 rings (SSSR count). The van der Waals surface area contributed by atoms with Crippen LogP contribution in [-0.4, -0.2) is 25.8 Å². The normalized spacial score (nSPS) is 10.0. The number of carbonyl (C=O) groups is 2. The molecule has 2 aromatic carbocycles. The van der Waals surface area contributed by atoms with E-state index in [-0.39, 0.29) is 6.73 Å². The lowest BCUT2D eigenvalue weighted by Crippen LogP contribution is -2.32. The molecule has 0 atom stereocenters. The zero-order valence-electron chi connectivity index (χ0n) is 14.4. The number of urea groups is 1. The molecule has 0 saturated heterocycles. The standard InChI is InChI=1S/C19H22N2O4/c1-3-5-14-8-10-17(11-9-14)25-13-20-19(23)21-16-7-4-6-15(12-16)18(22)24-2/h4,6-12H,3,5,13H2,1-2H3,(H2,20,21,23).